The molecule has 0 saturated heterocycles. The summed E-state index contributed by atoms with van der Waals surface area (Å²) in [6.07, 6.45) is 8.94. The summed E-state index contributed by atoms with van der Waals surface area (Å²) in [5, 5.41) is 21.1. The Labute approximate surface area is 184 Å². The molecule has 3 N–H and O–H groups in total. The van der Waals surface area contributed by atoms with Gasteiger partial charge in [0.25, 0.3) is 0 Å². The van der Waals surface area contributed by atoms with Crippen LogP contribution in [0.25, 0.3) is 0 Å². The number of guanidine groups is 1. The minimum Gasteiger partial charge on any atom is -0.462 e. The Morgan fingerprint density at radius 3 is 2.75 bits per heavy atom. The van der Waals surface area contributed by atoms with Crippen molar-refractivity contribution in [3.63, 3.8) is 0 Å². The predicted molar refractivity (Wildman–Crippen MR) is 120 cm³/mol. The molecule has 0 aliphatic heterocycles. The van der Waals surface area contributed by atoms with Gasteiger partial charge in [-0.15, -0.1) is 24.0 Å². The van der Waals surface area contributed by atoms with Gasteiger partial charge in [-0.25, -0.2) is 4.99 Å². The number of aromatic nitrogens is 2. The van der Waals surface area contributed by atoms with Gasteiger partial charge in [-0.1, -0.05) is 0 Å². The van der Waals surface area contributed by atoms with E-state index in [1.54, 1.807) is 24.0 Å². The van der Waals surface area contributed by atoms with Gasteiger partial charge in [-0.3, -0.25) is 9.48 Å². The molecule has 0 bridgehead atoms. The fourth-order valence-corrected chi connectivity index (χ4v) is 3.06. The maximum Gasteiger partial charge on any atom is 0.306 e. The van der Waals surface area contributed by atoms with E-state index in [0.717, 1.165) is 31.2 Å². The molecule has 0 spiro atoms. The minimum absolute atomic E-state index is 0. The molecule has 1 aromatic heterocycles. The zero-order valence-electron chi connectivity index (χ0n) is 17.1. The topological polar surface area (TPSA) is 101 Å². The molecule has 1 unspecified atom stereocenters. The maximum atomic E-state index is 11.8. The lowest BCUT2D eigenvalue weighted by Gasteiger charge is -2.20. The van der Waals surface area contributed by atoms with Crippen molar-refractivity contribution in [1.82, 2.24) is 20.4 Å². The van der Waals surface area contributed by atoms with Crippen molar-refractivity contribution in [2.75, 3.05) is 19.6 Å². The molecule has 160 valence electrons. The fraction of sp³-hybridized carbons (Fsp3) is 0.737. The van der Waals surface area contributed by atoms with Crippen LogP contribution in [0.15, 0.2) is 17.4 Å². The lowest BCUT2D eigenvalue weighted by atomic mass is 10.0. The first-order valence-electron chi connectivity index (χ1n) is 9.84. The van der Waals surface area contributed by atoms with E-state index in [9.17, 15) is 9.90 Å². The molecule has 1 aliphatic carbocycles. The summed E-state index contributed by atoms with van der Waals surface area (Å²) in [6, 6.07) is 0. The number of aliphatic hydroxyl groups is 1. The standard InChI is InChI=1S/C19H33N5O3.HI/c1-4-20-18(22-14-19(2,26)15-12-23-24(3)13-15)21-11-7-10-17(25)27-16-8-5-6-9-16;/h12-13,16,26H,4-11,14H2,1-3H3,(H2,20,21,22);1H. The number of aliphatic imine (C=N–C) groups is 1. The van der Waals surface area contributed by atoms with Crippen LogP contribution in [-0.4, -0.2) is 52.6 Å². The number of nitrogens with zero attached hydrogens (tertiary/aromatic N) is 3. The number of halogens is 1. The van der Waals surface area contributed by atoms with Crippen LogP contribution >= 0.6 is 24.0 Å². The van der Waals surface area contributed by atoms with Crippen LogP contribution in [-0.2, 0) is 22.2 Å². The summed E-state index contributed by atoms with van der Waals surface area (Å²) in [7, 11) is 1.81. The fourth-order valence-electron chi connectivity index (χ4n) is 3.06. The molecule has 0 aromatic carbocycles. The Hall–Kier alpha value is -1.36. The molecule has 1 aliphatic rings. The second-order valence-electron chi connectivity index (χ2n) is 7.30. The van der Waals surface area contributed by atoms with E-state index in [1.165, 1.54) is 0 Å². The Morgan fingerprint density at radius 1 is 1.43 bits per heavy atom. The molecule has 1 heterocycles. The first-order valence-corrected chi connectivity index (χ1v) is 9.84. The van der Waals surface area contributed by atoms with Crippen molar-refractivity contribution in [3.8, 4) is 0 Å². The van der Waals surface area contributed by atoms with Crippen molar-refractivity contribution >= 4 is 35.9 Å². The number of ether oxygens (including phenoxy) is 1. The number of aryl methyl sites for hydroxylation is 1. The Morgan fingerprint density at radius 2 is 2.14 bits per heavy atom. The molecular formula is C19H34IN5O3. The second-order valence-corrected chi connectivity index (χ2v) is 7.30. The van der Waals surface area contributed by atoms with Gasteiger partial charge in [-0.2, -0.15) is 5.10 Å². The highest BCUT2D eigenvalue weighted by Crippen LogP contribution is 2.21. The summed E-state index contributed by atoms with van der Waals surface area (Å²) in [4.78, 5) is 16.3. The van der Waals surface area contributed by atoms with Crippen LogP contribution in [0.1, 0.15) is 57.9 Å². The summed E-state index contributed by atoms with van der Waals surface area (Å²) in [6.45, 7) is 5.23. The lowest BCUT2D eigenvalue weighted by molar-refractivity contribution is -0.148. The first-order chi connectivity index (χ1) is 12.9. The van der Waals surface area contributed by atoms with E-state index >= 15 is 0 Å². The summed E-state index contributed by atoms with van der Waals surface area (Å²) < 4.78 is 7.11. The van der Waals surface area contributed by atoms with Gasteiger partial charge < -0.3 is 20.5 Å². The van der Waals surface area contributed by atoms with Crippen molar-refractivity contribution in [1.29, 1.82) is 0 Å². The molecular weight excluding hydrogens is 473 g/mol. The third-order valence-electron chi connectivity index (χ3n) is 4.67. The van der Waals surface area contributed by atoms with Crippen molar-refractivity contribution in [2.24, 2.45) is 12.0 Å². The van der Waals surface area contributed by atoms with E-state index in [0.29, 0.717) is 31.9 Å². The van der Waals surface area contributed by atoms with Crippen LogP contribution in [0.4, 0.5) is 0 Å². The molecule has 1 fully saturated rings. The lowest BCUT2D eigenvalue weighted by Crippen LogP contribution is -2.39. The molecule has 1 saturated carbocycles. The summed E-state index contributed by atoms with van der Waals surface area (Å²) in [5.74, 6) is 0.496. The van der Waals surface area contributed by atoms with E-state index in [-0.39, 0.29) is 42.6 Å². The van der Waals surface area contributed by atoms with Crippen LogP contribution in [0.3, 0.4) is 0 Å². The maximum absolute atomic E-state index is 11.8. The molecule has 2 rings (SSSR count). The van der Waals surface area contributed by atoms with Gasteiger partial charge in [0.15, 0.2) is 5.96 Å². The van der Waals surface area contributed by atoms with E-state index < -0.39 is 5.60 Å². The first kappa shape index (κ1) is 24.7. The van der Waals surface area contributed by atoms with Crippen LogP contribution in [0, 0.1) is 0 Å². The van der Waals surface area contributed by atoms with Crippen molar-refractivity contribution in [3.05, 3.63) is 18.0 Å². The Balaban J connectivity index is 0.00000392. The molecule has 0 radical (unpaired) electrons. The smallest absolute Gasteiger partial charge is 0.306 e. The normalized spacial score (nSPS) is 16.9. The number of hydrogen-bond acceptors (Lipinski definition) is 5. The molecule has 28 heavy (non-hydrogen) atoms. The molecule has 8 nitrogen and oxygen atoms in total. The monoisotopic (exact) mass is 507 g/mol. The largest absolute Gasteiger partial charge is 0.462 e. The highest BCUT2D eigenvalue weighted by Gasteiger charge is 2.24. The molecule has 0 amide bonds. The zero-order valence-corrected chi connectivity index (χ0v) is 19.4. The quantitative estimate of drug-likeness (QED) is 0.156. The summed E-state index contributed by atoms with van der Waals surface area (Å²) >= 11 is 0. The molecule has 1 atom stereocenters. The van der Waals surface area contributed by atoms with Gasteiger partial charge in [0.1, 0.15) is 11.7 Å². The minimum atomic E-state index is -1.10. The van der Waals surface area contributed by atoms with E-state index in [2.05, 4.69) is 20.7 Å². The average Bonchev–Trinajstić information content (AvgIpc) is 3.28. The third kappa shape index (κ3) is 8.34. The zero-order chi connectivity index (χ0) is 19.7. The molecule has 9 heteroatoms. The number of rotatable bonds is 9. The van der Waals surface area contributed by atoms with Gasteiger partial charge in [0, 0.05) is 38.3 Å². The van der Waals surface area contributed by atoms with Crippen LogP contribution < -0.4 is 10.6 Å². The number of carbonyl (C=O) groups is 1. The number of carbonyl (C=O) groups excluding carboxylic acids is 1. The van der Waals surface area contributed by atoms with Gasteiger partial charge in [-0.05, 0) is 46.0 Å². The van der Waals surface area contributed by atoms with Gasteiger partial charge >= 0.3 is 5.97 Å². The van der Waals surface area contributed by atoms with Crippen LogP contribution in [0.5, 0.6) is 0 Å². The Bertz CT molecular complexity index is 627. The highest BCUT2D eigenvalue weighted by molar-refractivity contribution is 14.0. The highest BCUT2D eigenvalue weighted by atomic mass is 127. The molecule has 1 aromatic rings. The van der Waals surface area contributed by atoms with E-state index in [4.69, 9.17) is 4.74 Å². The third-order valence-corrected chi connectivity index (χ3v) is 4.67. The average molecular weight is 507 g/mol. The van der Waals surface area contributed by atoms with E-state index in [1.807, 2.05) is 14.0 Å². The number of hydrogen-bond donors (Lipinski definition) is 3. The second kappa shape index (κ2) is 12.3. The number of nitrogens with one attached hydrogen (secondary N) is 2. The van der Waals surface area contributed by atoms with Gasteiger partial charge in [0.2, 0.25) is 0 Å². The Kier molecular flexibility index (Phi) is 10.8. The van der Waals surface area contributed by atoms with Gasteiger partial charge in [0.05, 0.1) is 12.7 Å². The van der Waals surface area contributed by atoms with Crippen molar-refractivity contribution < 1.29 is 14.6 Å². The summed E-state index contributed by atoms with van der Waals surface area (Å²) in [5.41, 5.74) is -0.374. The SMILES string of the molecule is CCNC(=NCC(C)(O)c1cnn(C)c1)NCCCC(=O)OC1CCCC1.I. The van der Waals surface area contributed by atoms with Crippen molar-refractivity contribution in [2.45, 2.75) is 64.1 Å². The number of esters is 1. The van der Waals surface area contributed by atoms with Crippen LogP contribution in [0.2, 0.25) is 0 Å². The predicted octanol–water partition coefficient (Wildman–Crippen LogP) is 2.07.